The molecule has 0 saturated carbocycles. The highest BCUT2D eigenvalue weighted by molar-refractivity contribution is 6.09. The third-order valence-electron chi connectivity index (χ3n) is 6.82. The Bertz CT molecular complexity index is 1200. The molecule has 3 fully saturated rings. The van der Waals surface area contributed by atoms with Gasteiger partial charge in [0.1, 0.15) is 11.7 Å². The number of hydrogen-bond donors (Lipinski definition) is 1. The predicted octanol–water partition coefficient (Wildman–Crippen LogP) is 1.06. The van der Waals surface area contributed by atoms with Crippen molar-refractivity contribution < 1.29 is 29.2 Å². The first-order valence-electron chi connectivity index (χ1n) is 10.5. The molecule has 0 bridgehead atoms. The number of aliphatic carboxylic acids is 1. The number of nitrogens with zero attached hydrogens (tertiary/aromatic N) is 4. The minimum absolute atomic E-state index is 0.101. The Morgan fingerprint density at radius 3 is 2.70 bits per heavy atom. The molecule has 0 spiro atoms. The first-order chi connectivity index (χ1) is 15.7. The second-order valence-electron chi connectivity index (χ2n) is 8.61. The molecule has 3 atom stereocenters. The van der Waals surface area contributed by atoms with Crippen molar-refractivity contribution in [3.8, 4) is 0 Å². The number of β-lactam (4-membered cyclic amide) rings is 1. The molecule has 33 heavy (non-hydrogen) atoms. The van der Waals surface area contributed by atoms with E-state index in [4.69, 9.17) is 0 Å². The molecule has 5 rings (SSSR count). The summed E-state index contributed by atoms with van der Waals surface area (Å²) in [5.74, 6) is -2.36. The summed E-state index contributed by atoms with van der Waals surface area (Å²) in [4.78, 5) is 64.5. The van der Waals surface area contributed by atoms with E-state index in [9.17, 15) is 34.4 Å². The predicted molar refractivity (Wildman–Crippen MR) is 113 cm³/mol. The first-order valence-corrected chi connectivity index (χ1v) is 10.5. The number of benzene rings is 1. The van der Waals surface area contributed by atoms with E-state index in [0.717, 1.165) is 0 Å². The SMILES string of the molecule is CC(=O)N1CC2CC(/C=C3\CCN(c4cccc([N+](=O)[O-])c4)C3=O)=C(C(=O)O)N3C(=O)C1[C@@H]23. The monoisotopic (exact) mass is 452 g/mol. The van der Waals surface area contributed by atoms with Crippen molar-refractivity contribution in [2.75, 3.05) is 18.0 Å². The highest BCUT2D eigenvalue weighted by atomic mass is 16.6. The molecular weight excluding hydrogens is 432 g/mol. The summed E-state index contributed by atoms with van der Waals surface area (Å²) in [6.45, 7) is 2.05. The third kappa shape index (κ3) is 3.03. The normalized spacial score (nSPS) is 27.2. The van der Waals surface area contributed by atoms with E-state index in [-0.39, 0.29) is 35.2 Å². The lowest BCUT2D eigenvalue weighted by molar-refractivity contribution is -0.384. The van der Waals surface area contributed by atoms with E-state index in [1.165, 1.54) is 45.9 Å². The van der Waals surface area contributed by atoms with E-state index in [2.05, 4.69) is 0 Å². The van der Waals surface area contributed by atoms with Crippen molar-refractivity contribution in [3.05, 3.63) is 57.3 Å². The zero-order chi connectivity index (χ0) is 23.6. The molecule has 1 aromatic carbocycles. The Morgan fingerprint density at radius 1 is 1.27 bits per heavy atom. The number of nitro benzene ring substituents is 1. The number of rotatable bonds is 4. The summed E-state index contributed by atoms with van der Waals surface area (Å²) in [6, 6.07) is 4.80. The maximum atomic E-state index is 13.0. The first kappa shape index (κ1) is 20.9. The number of likely N-dealkylation sites (tertiary alicyclic amines) is 1. The highest BCUT2D eigenvalue weighted by Crippen LogP contribution is 2.47. The zero-order valence-electron chi connectivity index (χ0n) is 17.6. The van der Waals surface area contributed by atoms with E-state index < -0.39 is 22.8 Å². The highest BCUT2D eigenvalue weighted by Gasteiger charge is 2.63. The molecule has 3 saturated heterocycles. The number of non-ortho nitro benzene ring substituents is 1. The van der Waals surface area contributed by atoms with Gasteiger partial charge in [-0.15, -0.1) is 0 Å². The Morgan fingerprint density at radius 2 is 2.03 bits per heavy atom. The zero-order valence-corrected chi connectivity index (χ0v) is 17.6. The molecule has 1 N–H and O–H groups in total. The lowest BCUT2D eigenvalue weighted by Gasteiger charge is -2.49. The van der Waals surface area contributed by atoms with Crippen LogP contribution in [0.25, 0.3) is 0 Å². The van der Waals surface area contributed by atoms with Crippen LogP contribution in [0, 0.1) is 16.0 Å². The number of hydrogen-bond acceptors (Lipinski definition) is 6. The van der Waals surface area contributed by atoms with Crippen LogP contribution >= 0.6 is 0 Å². The lowest BCUT2D eigenvalue weighted by atomic mass is 9.79. The summed E-state index contributed by atoms with van der Waals surface area (Å²) in [5.41, 5.74) is 0.873. The second-order valence-corrected chi connectivity index (χ2v) is 8.61. The molecule has 0 radical (unpaired) electrons. The van der Waals surface area contributed by atoms with Crippen LogP contribution in [0.1, 0.15) is 19.8 Å². The van der Waals surface area contributed by atoms with E-state index in [1.54, 1.807) is 6.07 Å². The van der Waals surface area contributed by atoms with Crippen LogP contribution in [0.4, 0.5) is 11.4 Å². The molecule has 0 aliphatic carbocycles. The van der Waals surface area contributed by atoms with Crippen LogP contribution in [0.3, 0.4) is 0 Å². The topological polar surface area (TPSA) is 141 Å². The average molecular weight is 452 g/mol. The maximum absolute atomic E-state index is 13.0. The van der Waals surface area contributed by atoms with Gasteiger partial charge < -0.3 is 14.9 Å². The molecular formula is C22H20N4O7. The van der Waals surface area contributed by atoms with Crippen LogP contribution in [-0.4, -0.2) is 68.7 Å². The second kappa shape index (κ2) is 7.26. The van der Waals surface area contributed by atoms with Crippen molar-refractivity contribution in [2.24, 2.45) is 5.92 Å². The summed E-state index contributed by atoms with van der Waals surface area (Å²) >= 11 is 0. The number of allylic oxidation sites excluding steroid dienone is 2. The van der Waals surface area contributed by atoms with Crippen LogP contribution in [0.15, 0.2) is 47.2 Å². The van der Waals surface area contributed by atoms with Crippen LogP contribution in [0.2, 0.25) is 0 Å². The fourth-order valence-corrected chi connectivity index (χ4v) is 5.40. The molecule has 4 heterocycles. The number of amides is 3. The summed E-state index contributed by atoms with van der Waals surface area (Å²) in [5, 5.41) is 20.9. The van der Waals surface area contributed by atoms with Crippen molar-refractivity contribution in [2.45, 2.75) is 31.8 Å². The Balaban J connectivity index is 1.47. The Labute approximate surface area is 187 Å². The maximum Gasteiger partial charge on any atom is 0.352 e. The fraction of sp³-hybridized carbons (Fsp3) is 0.364. The smallest absolute Gasteiger partial charge is 0.352 e. The number of carboxylic acids is 1. The van der Waals surface area contributed by atoms with Gasteiger partial charge in [0, 0.05) is 43.6 Å². The quantitative estimate of drug-likeness (QED) is 0.312. The molecule has 2 unspecified atom stereocenters. The minimum atomic E-state index is -1.26. The number of carbonyl (C=O) groups is 4. The van der Waals surface area contributed by atoms with E-state index in [1.807, 2.05) is 0 Å². The van der Waals surface area contributed by atoms with Gasteiger partial charge in [-0.05, 0) is 30.6 Å². The number of carbonyl (C=O) groups excluding carboxylic acids is 3. The largest absolute Gasteiger partial charge is 0.477 e. The van der Waals surface area contributed by atoms with E-state index in [0.29, 0.717) is 42.8 Å². The lowest BCUT2D eigenvalue weighted by Crippen LogP contribution is -2.69. The molecule has 170 valence electrons. The molecule has 3 amide bonds. The molecule has 0 aromatic heterocycles. The fourth-order valence-electron chi connectivity index (χ4n) is 5.40. The Kier molecular flexibility index (Phi) is 4.59. The molecule has 4 aliphatic rings. The van der Waals surface area contributed by atoms with Gasteiger partial charge in [0.25, 0.3) is 17.5 Å². The van der Waals surface area contributed by atoms with Gasteiger partial charge in [-0.2, -0.15) is 0 Å². The van der Waals surface area contributed by atoms with Crippen LogP contribution < -0.4 is 4.90 Å². The van der Waals surface area contributed by atoms with Gasteiger partial charge in [-0.1, -0.05) is 6.07 Å². The van der Waals surface area contributed by atoms with Gasteiger partial charge in [0.2, 0.25) is 5.91 Å². The van der Waals surface area contributed by atoms with Crippen LogP contribution in [-0.2, 0) is 19.2 Å². The minimum Gasteiger partial charge on any atom is -0.477 e. The molecule has 1 aromatic rings. The molecule has 4 aliphatic heterocycles. The van der Waals surface area contributed by atoms with Gasteiger partial charge in [-0.3, -0.25) is 29.4 Å². The van der Waals surface area contributed by atoms with Gasteiger partial charge in [0.15, 0.2) is 0 Å². The molecule has 11 heteroatoms. The van der Waals surface area contributed by atoms with Gasteiger partial charge >= 0.3 is 5.97 Å². The summed E-state index contributed by atoms with van der Waals surface area (Å²) in [6.07, 6.45) is 2.21. The summed E-state index contributed by atoms with van der Waals surface area (Å²) < 4.78 is 0. The number of anilines is 1. The van der Waals surface area contributed by atoms with Crippen LogP contribution in [0.5, 0.6) is 0 Å². The average Bonchev–Trinajstić information content (AvgIpc) is 3.32. The number of nitro groups is 1. The van der Waals surface area contributed by atoms with E-state index >= 15 is 0 Å². The van der Waals surface area contributed by atoms with Gasteiger partial charge in [-0.25, -0.2) is 4.79 Å². The van der Waals surface area contributed by atoms with Crippen molar-refractivity contribution in [1.82, 2.24) is 9.80 Å². The number of carboxylic acid groups (broad SMARTS) is 1. The van der Waals surface area contributed by atoms with Crippen molar-refractivity contribution in [1.29, 1.82) is 0 Å². The Hall–Kier alpha value is -4.02. The summed E-state index contributed by atoms with van der Waals surface area (Å²) in [7, 11) is 0. The van der Waals surface area contributed by atoms with Crippen molar-refractivity contribution >= 4 is 35.1 Å². The standard InChI is InChI=1S/C22H20N4O7/c1-11(27)24-10-14-8-13(18(22(30)31)25-17(14)19(24)21(25)29)7-12-5-6-23(20(12)28)15-3-2-4-16(9-15)26(32)33/h2-4,7,9,14,17,19H,5-6,8,10H2,1H3,(H,30,31)/b12-7+/t14?,17-,19?/m1/s1. The molecule has 11 nitrogen and oxygen atoms in total. The van der Waals surface area contributed by atoms with Crippen molar-refractivity contribution in [3.63, 3.8) is 0 Å². The van der Waals surface area contributed by atoms with Gasteiger partial charge in [0.05, 0.1) is 16.7 Å². The third-order valence-corrected chi connectivity index (χ3v) is 6.82.